The van der Waals surface area contributed by atoms with Crippen molar-refractivity contribution in [1.29, 1.82) is 0 Å². The van der Waals surface area contributed by atoms with Gasteiger partial charge in [0.1, 0.15) is 0 Å². The standard InChI is InChI=1S/C13H20N2S/c14-11(9-12-5-3-4-8-15-12)10-16-13-6-1-2-7-13/h3-5,8,11,13H,1-2,6-7,9-10,14H2. The van der Waals surface area contributed by atoms with Crippen molar-refractivity contribution in [2.24, 2.45) is 5.73 Å². The number of nitrogens with two attached hydrogens (primary N) is 1. The van der Waals surface area contributed by atoms with Gasteiger partial charge in [-0.15, -0.1) is 0 Å². The van der Waals surface area contributed by atoms with Crippen molar-refractivity contribution < 1.29 is 0 Å². The molecule has 3 heteroatoms. The van der Waals surface area contributed by atoms with Crippen LogP contribution in [0, 0.1) is 0 Å². The zero-order chi connectivity index (χ0) is 11.2. The van der Waals surface area contributed by atoms with Crippen LogP contribution in [0.3, 0.4) is 0 Å². The maximum absolute atomic E-state index is 6.12. The van der Waals surface area contributed by atoms with E-state index in [9.17, 15) is 0 Å². The van der Waals surface area contributed by atoms with Crippen molar-refractivity contribution in [2.75, 3.05) is 5.75 Å². The summed E-state index contributed by atoms with van der Waals surface area (Å²) in [5.41, 5.74) is 7.24. The molecule has 0 radical (unpaired) electrons. The molecular weight excluding hydrogens is 216 g/mol. The van der Waals surface area contributed by atoms with Crippen LogP contribution in [0.15, 0.2) is 24.4 Å². The van der Waals surface area contributed by atoms with Gasteiger partial charge in [0.05, 0.1) is 0 Å². The van der Waals surface area contributed by atoms with E-state index in [2.05, 4.69) is 22.8 Å². The highest BCUT2D eigenvalue weighted by Gasteiger charge is 2.16. The molecule has 1 atom stereocenters. The van der Waals surface area contributed by atoms with Crippen LogP contribution in [0.4, 0.5) is 0 Å². The van der Waals surface area contributed by atoms with Gasteiger partial charge in [0, 0.05) is 35.4 Å². The van der Waals surface area contributed by atoms with Crippen LogP contribution >= 0.6 is 11.8 Å². The topological polar surface area (TPSA) is 38.9 Å². The zero-order valence-electron chi connectivity index (χ0n) is 9.64. The van der Waals surface area contributed by atoms with Crippen molar-refractivity contribution in [1.82, 2.24) is 4.98 Å². The molecule has 1 aromatic heterocycles. The van der Waals surface area contributed by atoms with E-state index < -0.39 is 0 Å². The molecule has 2 N–H and O–H groups in total. The van der Waals surface area contributed by atoms with Gasteiger partial charge in [-0.05, 0) is 25.0 Å². The van der Waals surface area contributed by atoms with E-state index in [1.165, 1.54) is 25.7 Å². The number of hydrogen-bond donors (Lipinski definition) is 1. The summed E-state index contributed by atoms with van der Waals surface area (Å²) in [6.45, 7) is 0. The Morgan fingerprint density at radius 3 is 2.88 bits per heavy atom. The first-order valence-electron chi connectivity index (χ1n) is 6.11. The van der Waals surface area contributed by atoms with Crippen molar-refractivity contribution in [3.63, 3.8) is 0 Å². The minimum Gasteiger partial charge on any atom is -0.327 e. The third-order valence-corrected chi connectivity index (χ3v) is 4.61. The van der Waals surface area contributed by atoms with E-state index in [0.29, 0.717) is 0 Å². The van der Waals surface area contributed by atoms with Gasteiger partial charge in [0.25, 0.3) is 0 Å². The van der Waals surface area contributed by atoms with Crippen LogP contribution in [0.2, 0.25) is 0 Å². The van der Waals surface area contributed by atoms with Gasteiger partial charge < -0.3 is 5.73 Å². The van der Waals surface area contributed by atoms with E-state index in [4.69, 9.17) is 5.73 Å². The molecule has 1 saturated carbocycles. The minimum atomic E-state index is 0.250. The molecule has 0 bridgehead atoms. The van der Waals surface area contributed by atoms with Crippen molar-refractivity contribution >= 4 is 11.8 Å². The Morgan fingerprint density at radius 2 is 2.19 bits per heavy atom. The number of rotatable bonds is 5. The summed E-state index contributed by atoms with van der Waals surface area (Å²) >= 11 is 2.06. The highest BCUT2D eigenvalue weighted by atomic mass is 32.2. The molecule has 0 spiro atoms. The van der Waals surface area contributed by atoms with Crippen LogP contribution in [0.25, 0.3) is 0 Å². The molecule has 0 aliphatic heterocycles. The average molecular weight is 236 g/mol. The number of aromatic nitrogens is 1. The Balaban J connectivity index is 1.69. The van der Waals surface area contributed by atoms with Crippen molar-refractivity contribution in [2.45, 2.75) is 43.4 Å². The first-order valence-corrected chi connectivity index (χ1v) is 7.16. The fraction of sp³-hybridized carbons (Fsp3) is 0.615. The zero-order valence-corrected chi connectivity index (χ0v) is 10.5. The molecule has 1 aromatic rings. The first kappa shape index (κ1) is 11.9. The summed E-state index contributed by atoms with van der Waals surface area (Å²) in [4.78, 5) is 4.31. The van der Waals surface area contributed by atoms with E-state index in [1.807, 2.05) is 18.3 Å². The van der Waals surface area contributed by atoms with Crippen molar-refractivity contribution in [3.8, 4) is 0 Å². The first-order chi connectivity index (χ1) is 7.84. The molecule has 1 aliphatic rings. The molecular formula is C13H20N2S. The SMILES string of the molecule is NC(CSC1CCCC1)Cc1ccccn1. The molecule has 0 saturated heterocycles. The second-order valence-corrected chi connectivity index (χ2v) is 5.86. The lowest BCUT2D eigenvalue weighted by molar-refractivity contribution is 0.729. The summed E-state index contributed by atoms with van der Waals surface area (Å²) in [5.74, 6) is 1.07. The van der Waals surface area contributed by atoms with Gasteiger partial charge in [0.2, 0.25) is 0 Å². The molecule has 2 nitrogen and oxygen atoms in total. The number of thioether (sulfide) groups is 1. The third-order valence-electron chi connectivity index (χ3n) is 3.05. The number of nitrogens with zero attached hydrogens (tertiary/aromatic N) is 1. The molecule has 16 heavy (non-hydrogen) atoms. The average Bonchev–Trinajstić information content (AvgIpc) is 2.81. The summed E-state index contributed by atoms with van der Waals surface area (Å²) in [5, 5.41) is 0.870. The smallest absolute Gasteiger partial charge is 0.0419 e. The van der Waals surface area contributed by atoms with E-state index in [1.54, 1.807) is 0 Å². The second-order valence-electron chi connectivity index (χ2n) is 4.53. The molecule has 88 valence electrons. The Kier molecular flexibility index (Phi) is 4.67. The van der Waals surface area contributed by atoms with Gasteiger partial charge in [0.15, 0.2) is 0 Å². The van der Waals surface area contributed by atoms with Crippen LogP contribution in [0.1, 0.15) is 31.4 Å². The van der Waals surface area contributed by atoms with Crippen molar-refractivity contribution in [3.05, 3.63) is 30.1 Å². The summed E-state index contributed by atoms with van der Waals surface area (Å²) in [6, 6.07) is 6.28. The lowest BCUT2D eigenvalue weighted by Crippen LogP contribution is -2.26. The van der Waals surface area contributed by atoms with Gasteiger partial charge in [-0.3, -0.25) is 4.98 Å². The quantitative estimate of drug-likeness (QED) is 0.854. The fourth-order valence-electron chi connectivity index (χ4n) is 2.16. The predicted molar refractivity (Wildman–Crippen MR) is 70.6 cm³/mol. The molecule has 0 aromatic carbocycles. The lowest BCUT2D eigenvalue weighted by atomic mass is 10.2. The monoisotopic (exact) mass is 236 g/mol. The Morgan fingerprint density at radius 1 is 1.38 bits per heavy atom. The highest BCUT2D eigenvalue weighted by Crippen LogP contribution is 2.29. The summed E-state index contributed by atoms with van der Waals surface area (Å²) in [7, 11) is 0. The Hall–Kier alpha value is -0.540. The second kappa shape index (κ2) is 6.26. The normalized spacial score (nSPS) is 18.8. The van der Waals surface area contributed by atoms with Crippen LogP contribution in [0.5, 0.6) is 0 Å². The van der Waals surface area contributed by atoms with E-state index >= 15 is 0 Å². The Labute approximate surface area is 102 Å². The number of pyridine rings is 1. The fourth-order valence-corrected chi connectivity index (χ4v) is 3.47. The largest absolute Gasteiger partial charge is 0.327 e. The predicted octanol–water partition coefficient (Wildman–Crippen LogP) is 2.63. The lowest BCUT2D eigenvalue weighted by Gasteiger charge is -2.14. The summed E-state index contributed by atoms with van der Waals surface area (Å²) < 4.78 is 0. The minimum absolute atomic E-state index is 0.250. The van der Waals surface area contributed by atoms with E-state index in [0.717, 1.165) is 23.1 Å². The Bertz CT molecular complexity index is 296. The van der Waals surface area contributed by atoms with Crippen LogP contribution in [-0.4, -0.2) is 22.0 Å². The van der Waals surface area contributed by atoms with Gasteiger partial charge in [-0.1, -0.05) is 18.9 Å². The maximum atomic E-state index is 6.12. The van der Waals surface area contributed by atoms with Crippen LogP contribution < -0.4 is 5.73 Å². The molecule has 2 rings (SSSR count). The molecule has 1 fully saturated rings. The molecule has 1 unspecified atom stereocenters. The van der Waals surface area contributed by atoms with E-state index in [-0.39, 0.29) is 6.04 Å². The molecule has 0 amide bonds. The van der Waals surface area contributed by atoms with Gasteiger partial charge >= 0.3 is 0 Å². The van der Waals surface area contributed by atoms with Crippen LogP contribution in [-0.2, 0) is 6.42 Å². The summed E-state index contributed by atoms with van der Waals surface area (Å²) in [6.07, 6.45) is 8.34. The maximum Gasteiger partial charge on any atom is 0.0419 e. The number of hydrogen-bond acceptors (Lipinski definition) is 3. The molecule has 1 heterocycles. The highest BCUT2D eigenvalue weighted by molar-refractivity contribution is 7.99. The van der Waals surface area contributed by atoms with Gasteiger partial charge in [-0.25, -0.2) is 0 Å². The third kappa shape index (κ3) is 3.80. The molecule has 1 aliphatic carbocycles. The van der Waals surface area contributed by atoms with Gasteiger partial charge in [-0.2, -0.15) is 11.8 Å².